The summed E-state index contributed by atoms with van der Waals surface area (Å²) in [5.74, 6) is 1.44. The molecule has 5 rings (SSSR count). The summed E-state index contributed by atoms with van der Waals surface area (Å²) < 4.78 is 15.6. The predicted molar refractivity (Wildman–Crippen MR) is 94.8 cm³/mol. The molecule has 0 bridgehead atoms. The van der Waals surface area contributed by atoms with Gasteiger partial charge < -0.3 is 9.80 Å². The number of fused-ring (bicyclic) bond motifs is 2. The molecular weight excluding hydrogens is 349 g/mol. The Kier molecular flexibility index (Phi) is 3.56. The number of carbonyl (C=O) groups excluding carboxylic acids is 1. The zero-order valence-electron chi connectivity index (χ0n) is 14.8. The van der Waals surface area contributed by atoms with Crippen LogP contribution in [0.3, 0.4) is 0 Å². The van der Waals surface area contributed by atoms with Crippen molar-refractivity contribution in [3.05, 3.63) is 47.8 Å². The van der Waals surface area contributed by atoms with Crippen molar-refractivity contribution in [2.24, 2.45) is 11.8 Å². The molecule has 2 saturated heterocycles. The minimum atomic E-state index is -0.567. The number of anilines is 1. The van der Waals surface area contributed by atoms with Gasteiger partial charge in [0, 0.05) is 44.2 Å². The van der Waals surface area contributed by atoms with Crippen LogP contribution in [0.2, 0.25) is 0 Å². The third kappa shape index (κ3) is 2.61. The van der Waals surface area contributed by atoms with Gasteiger partial charge in [-0.1, -0.05) is 0 Å². The molecule has 0 aromatic carbocycles. The summed E-state index contributed by atoms with van der Waals surface area (Å²) in [4.78, 5) is 20.4. The summed E-state index contributed by atoms with van der Waals surface area (Å²) in [5, 5.41) is 12.7. The maximum absolute atomic E-state index is 13.9. The number of carbonyl (C=O) groups is 1. The second-order valence-corrected chi connectivity index (χ2v) is 7.18. The van der Waals surface area contributed by atoms with Gasteiger partial charge in [-0.25, -0.2) is 9.37 Å². The van der Waals surface area contributed by atoms with E-state index in [9.17, 15) is 9.18 Å². The largest absolute Gasteiger partial charge is 0.354 e. The van der Waals surface area contributed by atoms with Crippen LogP contribution in [0.15, 0.2) is 30.5 Å². The minimum absolute atomic E-state index is 0.0930. The Morgan fingerprint density at radius 1 is 1.11 bits per heavy atom. The van der Waals surface area contributed by atoms with Gasteiger partial charge in [-0.3, -0.25) is 4.79 Å². The topological polar surface area (TPSA) is 79.5 Å². The molecule has 5 heterocycles. The normalized spacial score (nSPS) is 21.9. The van der Waals surface area contributed by atoms with Gasteiger partial charge >= 0.3 is 0 Å². The lowest BCUT2D eigenvalue weighted by atomic mass is 10.0. The maximum atomic E-state index is 13.9. The molecule has 0 spiro atoms. The maximum Gasteiger partial charge on any atom is 0.275 e. The number of amides is 1. The lowest BCUT2D eigenvalue weighted by Gasteiger charge is -2.22. The fourth-order valence-corrected chi connectivity index (χ4v) is 4.09. The summed E-state index contributed by atoms with van der Waals surface area (Å²) in [7, 11) is 0. The second kappa shape index (κ2) is 5.97. The fourth-order valence-electron chi connectivity index (χ4n) is 4.09. The van der Waals surface area contributed by atoms with Crippen molar-refractivity contribution in [1.82, 2.24) is 29.7 Å². The molecule has 9 heteroatoms. The highest BCUT2D eigenvalue weighted by Gasteiger charge is 2.42. The Morgan fingerprint density at radius 3 is 2.63 bits per heavy atom. The van der Waals surface area contributed by atoms with Crippen LogP contribution < -0.4 is 4.90 Å². The molecule has 138 valence electrons. The molecule has 1 amide bonds. The van der Waals surface area contributed by atoms with Crippen molar-refractivity contribution in [2.45, 2.75) is 6.92 Å². The fraction of sp³-hybridized carbons (Fsp3) is 0.389. The van der Waals surface area contributed by atoms with E-state index in [-0.39, 0.29) is 11.6 Å². The highest BCUT2D eigenvalue weighted by molar-refractivity contribution is 5.92. The van der Waals surface area contributed by atoms with Crippen LogP contribution in [-0.4, -0.2) is 61.8 Å². The molecule has 0 N–H and O–H groups in total. The van der Waals surface area contributed by atoms with E-state index in [0.29, 0.717) is 24.9 Å². The average molecular weight is 367 g/mol. The SMILES string of the molecule is Cc1nnc2ccc(N3CC4CN(C(=O)c5ncccc5F)CC4C3)nn12. The van der Waals surface area contributed by atoms with Crippen LogP contribution in [0.25, 0.3) is 5.65 Å². The zero-order chi connectivity index (χ0) is 18.5. The lowest BCUT2D eigenvalue weighted by Crippen LogP contribution is -2.34. The van der Waals surface area contributed by atoms with E-state index in [1.54, 1.807) is 9.42 Å². The number of hydrogen-bond acceptors (Lipinski definition) is 6. The average Bonchev–Trinajstić information content (AvgIpc) is 3.35. The lowest BCUT2D eigenvalue weighted by molar-refractivity contribution is 0.0771. The highest BCUT2D eigenvalue weighted by atomic mass is 19.1. The quantitative estimate of drug-likeness (QED) is 0.677. The van der Waals surface area contributed by atoms with Gasteiger partial charge in [0.15, 0.2) is 23.0 Å². The summed E-state index contributed by atoms with van der Waals surface area (Å²) >= 11 is 0. The summed E-state index contributed by atoms with van der Waals surface area (Å²) in [6.45, 7) is 4.74. The Balaban J connectivity index is 1.31. The molecule has 2 aliphatic heterocycles. The van der Waals surface area contributed by atoms with Gasteiger partial charge in [0.25, 0.3) is 5.91 Å². The molecule has 0 radical (unpaired) electrons. The van der Waals surface area contributed by atoms with Gasteiger partial charge in [0.05, 0.1) is 0 Å². The summed E-state index contributed by atoms with van der Waals surface area (Å²) in [6.07, 6.45) is 1.45. The molecule has 2 fully saturated rings. The number of aryl methyl sites for hydroxylation is 1. The number of pyridine rings is 1. The number of aromatic nitrogens is 5. The van der Waals surface area contributed by atoms with E-state index < -0.39 is 5.82 Å². The van der Waals surface area contributed by atoms with Crippen molar-refractivity contribution in [3.63, 3.8) is 0 Å². The van der Waals surface area contributed by atoms with Gasteiger partial charge in [-0.05, 0) is 31.2 Å². The Morgan fingerprint density at radius 2 is 1.89 bits per heavy atom. The van der Waals surface area contributed by atoms with E-state index >= 15 is 0 Å². The molecule has 27 heavy (non-hydrogen) atoms. The van der Waals surface area contributed by atoms with Gasteiger partial charge in [-0.15, -0.1) is 15.3 Å². The van der Waals surface area contributed by atoms with Crippen molar-refractivity contribution in [2.75, 3.05) is 31.1 Å². The van der Waals surface area contributed by atoms with Crippen molar-refractivity contribution in [1.29, 1.82) is 0 Å². The summed E-state index contributed by atoms with van der Waals surface area (Å²) in [5.41, 5.74) is 0.634. The van der Waals surface area contributed by atoms with Gasteiger partial charge in [0.2, 0.25) is 0 Å². The number of hydrogen-bond donors (Lipinski definition) is 0. The molecule has 0 aliphatic carbocycles. The van der Waals surface area contributed by atoms with Gasteiger partial charge in [0.1, 0.15) is 5.82 Å². The first-order valence-electron chi connectivity index (χ1n) is 8.94. The van der Waals surface area contributed by atoms with E-state index in [1.807, 2.05) is 19.1 Å². The van der Waals surface area contributed by atoms with Gasteiger partial charge in [-0.2, -0.15) is 4.52 Å². The van der Waals surface area contributed by atoms with E-state index in [4.69, 9.17) is 0 Å². The van der Waals surface area contributed by atoms with Crippen LogP contribution in [-0.2, 0) is 0 Å². The molecule has 3 aromatic rings. The Labute approximate surface area is 154 Å². The standard InChI is InChI=1S/C18H18FN7O/c1-11-21-22-15-4-5-16(23-26(11)15)24-7-12-9-25(10-13(12)8-24)18(27)17-14(19)3-2-6-20-17/h2-6,12-13H,7-10H2,1H3. The molecular formula is C18H18FN7O. The Bertz CT molecular complexity index is 1020. The number of halogens is 1. The third-order valence-corrected chi connectivity index (χ3v) is 5.46. The smallest absolute Gasteiger partial charge is 0.275 e. The molecule has 2 aliphatic rings. The highest BCUT2D eigenvalue weighted by Crippen LogP contribution is 2.34. The number of likely N-dealkylation sites (tertiary alicyclic amines) is 1. The molecule has 2 atom stereocenters. The first-order valence-corrected chi connectivity index (χ1v) is 8.94. The predicted octanol–water partition coefficient (Wildman–Crippen LogP) is 1.18. The first-order chi connectivity index (χ1) is 13.1. The third-order valence-electron chi connectivity index (χ3n) is 5.46. The molecule has 0 saturated carbocycles. The van der Waals surface area contributed by atoms with Crippen LogP contribution in [0, 0.1) is 24.6 Å². The van der Waals surface area contributed by atoms with E-state index in [2.05, 4.69) is 25.2 Å². The van der Waals surface area contributed by atoms with Crippen molar-refractivity contribution in [3.8, 4) is 0 Å². The van der Waals surface area contributed by atoms with E-state index in [1.165, 1.54) is 18.3 Å². The van der Waals surface area contributed by atoms with Crippen LogP contribution >= 0.6 is 0 Å². The first kappa shape index (κ1) is 16.1. The Hall–Kier alpha value is -3.10. The second-order valence-electron chi connectivity index (χ2n) is 7.18. The van der Waals surface area contributed by atoms with Crippen LogP contribution in [0.1, 0.15) is 16.3 Å². The molecule has 8 nitrogen and oxygen atoms in total. The van der Waals surface area contributed by atoms with Crippen LogP contribution in [0.4, 0.5) is 10.2 Å². The molecule has 3 aromatic heterocycles. The summed E-state index contributed by atoms with van der Waals surface area (Å²) in [6, 6.07) is 6.63. The zero-order valence-corrected chi connectivity index (χ0v) is 14.8. The number of nitrogens with zero attached hydrogens (tertiary/aromatic N) is 7. The van der Waals surface area contributed by atoms with Crippen molar-refractivity contribution >= 4 is 17.4 Å². The molecule has 2 unspecified atom stereocenters. The monoisotopic (exact) mass is 367 g/mol. The number of rotatable bonds is 2. The van der Waals surface area contributed by atoms with Crippen LogP contribution in [0.5, 0.6) is 0 Å². The minimum Gasteiger partial charge on any atom is -0.354 e. The van der Waals surface area contributed by atoms with Crippen molar-refractivity contribution < 1.29 is 9.18 Å². The van der Waals surface area contributed by atoms with E-state index in [0.717, 1.165) is 30.4 Å².